The van der Waals surface area contributed by atoms with E-state index in [1.54, 1.807) is 13.0 Å². The van der Waals surface area contributed by atoms with Crippen LogP contribution >= 0.6 is 0 Å². The van der Waals surface area contributed by atoms with E-state index in [1.165, 1.54) is 6.07 Å². The van der Waals surface area contributed by atoms with Crippen LogP contribution in [0.2, 0.25) is 0 Å². The monoisotopic (exact) mass is 304 g/mol. The predicted octanol–water partition coefficient (Wildman–Crippen LogP) is 0.618. The molecule has 1 amide bonds. The minimum absolute atomic E-state index is 0.175. The van der Waals surface area contributed by atoms with E-state index in [2.05, 4.69) is 15.8 Å². The highest BCUT2D eigenvalue weighted by Crippen LogP contribution is 2.37. The summed E-state index contributed by atoms with van der Waals surface area (Å²) in [7, 11) is 0. The summed E-state index contributed by atoms with van der Waals surface area (Å²) in [5.41, 5.74) is 3.86. The summed E-state index contributed by atoms with van der Waals surface area (Å²) < 4.78 is 19.8. The maximum Gasteiger partial charge on any atom is 0.262 e. The molecule has 0 radical (unpaired) electrons. The van der Waals surface area contributed by atoms with E-state index in [-0.39, 0.29) is 24.4 Å². The number of carbonyl (C=O) groups is 1. The Morgan fingerprint density at radius 3 is 3.00 bits per heavy atom. The second kappa shape index (κ2) is 4.95. The van der Waals surface area contributed by atoms with Crippen LogP contribution in [0.15, 0.2) is 17.2 Å². The van der Waals surface area contributed by atoms with Gasteiger partial charge in [0.05, 0.1) is 5.69 Å². The first-order valence-corrected chi connectivity index (χ1v) is 7.45. The molecule has 1 atom stereocenters. The third-order valence-electron chi connectivity index (χ3n) is 4.46. The fourth-order valence-corrected chi connectivity index (χ4v) is 3.05. The molecule has 0 aromatic heterocycles. The number of nitrogens with zero attached hydrogens (tertiary/aromatic N) is 2. The van der Waals surface area contributed by atoms with Crippen molar-refractivity contribution in [3.05, 3.63) is 23.5 Å². The van der Waals surface area contributed by atoms with E-state index in [1.807, 2.05) is 4.90 Å². The molecule has 1 aromatic rings. The Kier molecular flexibility index (Phi) is 3.04. The normalized spacial score (nSPS) is 23.7. The fourth-order valence-electron chi connectivity index (χ4n) is 3.05. The van der Waals surface area contributed by atoms with Crippen LogP contribution in [0.1, 0.15) is 12.5 Å². The number of rotatable bonds is 2. The summed E-state index contributed by atoms with van der Waals surface area (Å²) in [4.78, 5) is 13.7. The van der Waals surface area contributed by atoms with Gasteiger partial charge in [-0.3, -0.25) is 4.79 Å². The van der Waals surface area contributed by atoms with Gasteiger partial charge in [0, 0.05) is 6.07 Å². The first-order chi connectivity index (χ1) is 10.6. The van der Waals surface area contributed by atoms with Gasteiger partial charge >= 0.3 is 0 Å². The lowest BCUT2D eigenvalue weighted by Gasteiger charge is -2.38. The highest BCUT2D eigenvalue weighted by molar-refractivity contribution is 6.09. The van der Waals surface area contributed by atoms with Gasteiger partial charge in [0.15, 0.2) is 5.84 Å². The fraction of sp³-hybridized carbons (Fsp3) is 0.467. The SMILES string of the molecule is C[C@@H]1C(=O)NN=C2COc3cc(F)c(CC4CNC4)cc3N21. The largest absolute Gasteiger partial charge is 0.483 e. The Morgan fingerprint density at radius 2 is 2.27 bits per heavy atom. The van der Waals surface area contributed by atoms with Gasteiger partial charge in [0.25, 0.3) is 5.91 Å². The molecule has 2 N–H and O–H groups in total. The molecular weight excluding hydrogens is 287 g/mol. The summed E-state index contributed by atoms with van der Waals surface area (Å²) >= 11 is 0. The second-order valence-corrected chi connectivity index (χ2v) is 5.98. The molecule has 0 unspecified atom stereocenters. The number of nitrogens with one attached hydrogen (secondary N) is 2. The summed E-state index contributed by atoms with van der Waals surface area (Å²) in [6.07, 6.45) is 0.688. The average Bonchev–Trinajstić information content (AvgIpc) is 2.46. The van der Waals surface area contributed by atoms with Crippen molar-refractivity contribution in [2.75, 3.05) is 24.6 Å². The minimum atomic E-state index is -0.390. The third kappa shape index (κ3) is 2.04. The topological polar surface area (TPSA) is 66.0 Å². The number of amides is 1. The summed E-state index contributed by atoms with van der Waals surface area (Å²) in [6.45, 7) is 3.87. The Balaban J connectivity index is 1.74. The molecule has 1 fully saturated rings. The zero-order valence-corrected chi connectivity index (χ0v) is 12.2. The number of hydrogen-bond donors (Lipinski definition) is 2. The van der Waals surface area contributed by atoms with Gasteiger partial charge in [0.2, 0.25) is 0 Å². The van der Waals surface area contributed by atoms with Crippen molar-refractivity contribution in [3.63, 3.8) is 0 Å². The Morgan fingerprint density at radius 1 is 1.45 bits per heavy atom. The predicted molar refractivity (Wildman–Crippen MR) is 79.5 cm³/mol. The average molecular weight is 304 g/mol. The molecule has 0 bridgehead atoms. The number of benzene rings is 1. The van der Waals surface area contributed by atoms with Gasteiger partial charge in [0.1, 0.15) is 24.2 Å². The maximum absolute atomic E-state index is 14.3. The van der Waals surface area contributed by atoms with E-state index in [0.717, 1.165) is 18.8 Å². The Labute approximate surface area is 127 Å². The molecule has 3 heterocycles. The summed E-state index contributed by atoms with van der Waals surface area (Å²) in [6, 6.07) is 2.83. The van der Waals surface area contributed by atoms with Crippen molar-refractivity contribution in [1.29, 1.82) is 0 Å². The number of hydrazone groups is 1. The molecule has 3 aliphatic heterocycles. The van der Waals surface area contributed by atoms with Crippen LogP contribution in [0.5, 0.6) is 5.75 Å². The molecule has 0 saturated carbocycles. The smallest absolute Gasteiger partial charge is 0.262 e. The molecule has 6 nitrogen and oxygen atoms in total. The zero-order valence-electron chi connectivity index (χ0n) is 12.2. The highest BCUT2D eigenvalue weighted by atomic mass is 19.1. The van der Waals surface area contributed by atoms with E-state index >= 15 is 0 Å². The van der Waals surface area contributed by atoms with Crippen molar-refractivity contribution in [1.82, 2.24) is 10.7 Å². The van der Waals surface area contributed by atoms with Crippen LogP contribution in [0.25, 0.3) is 0 Å². The number of amidine groups is 1. The number of ether oxygens (including phenoxy) is 1. The van der Waals surface area contributed by atoms with Gasteiger partial charge in [-0.1, -0.05) is 0 Å². The van der Waals surface area contributed by atoms with Gasteiger partial charge in [-0.2, -0.15) is 5.10 Å². The summed E-state index contributed by atoms with van der Waals surface area (Å²) in [5.74, 6) is 1.15. The van der Waals surface area contributed by atoms with Crippen LogP contribution in [-0.4, -0.2) is 37.5 Å². The molecule has 22 heavy (non-hydrogen) atoms. The number of halogens is 1. The number of fused-ring (bicyclic) bond motifs is 3. The standard InChI is InChI=1S/C15H17FN4O2/c1-8-15(21)19-18-14-7-22-13-4-11(16)10(2-9-5-17-6-9)3-12(13)20(8)14/h3-4,8-9,17H,2,5-7H2,1H3,(H,19,21)/t8-/m1/s1. The van der Waals surface area contributed by atoms with E-state index < -0.39 is 0 Å². The summed E-state index contributed by atoms with van der Waals surface area (Å²) in [5, 5.41) is 7.23. The van der Waals surface area contributed by atoms with Gasteiger partial charge in [-0.25, -0.2) is 9.82 Å². The molecular formula is C15H17FN4O2. The maximum atomic E-state index is 14.3. The van der Waals surface area contributed by atoms with Crippen LogP contribution < -0.4 is 20.4 Å². The van der Waals surface area contributed by atoms with E-state index in [0.29, 0.717) is 29.5 Å². The highest BCUT2D eigenvalue weighted by Gasteiger charge is 2.36. The lowest BCUT2D eigenvalue weighted by molar-refractivity contribution is -0.122. The van der Waals surface area contributed by atoms with E-state index in [9.17, 15) is 9.18 Å². The quantitative estimate of drug-likeness (QED) is 0.840. The molecule has 3 aliphatic rings. The second-order valence-electron chi connectivity index (χ2n) is 5.98. The van der Waals surface area contributed by atoms with Crippen molar-refractivity contribution < 1.29 is 13.9 Å². The first-order valence-electron chi connectivity index (χ1n) is 7.45. The van der Waals surface area contributed by atoms with Crippen LogP contribution in [0, 0.1) is 11.7 Å². The van der Waals surface area contributed by atoms with Gasteiger partial charge < -0.3 is 15.0 Å². The van der Waals surface area contributed by atoms with Crippen molar-refractivity contribution in [2.24, 2.45) is 11.0 Å². The van der Waals surface area contributed by atoms with Crippen molar-refractivity contribution >= 4 is 17.4 Å². The Hall–Kier alpha value is -2.15. The lowest BCUT2D eigenvalue weighted by Crippen LogP contribution is -2.55. The molecule has 7 heteroatoms. The van der Waals surface area contributed by atoms with Gasteiger partial charge in [-0.15, -0.1) is 0 Å². The van der Waals surface area contributed by atoms with Crippen molar-refractivity contribution in [3.8, 4) is 5.75 Å². The number of carbonyl (C=O) groups excluding carboxylic acids is 1. The molecule has 1 aromatic carbocycles. The van der Waals surface area contributed by atoms with E-state index in [4.69, 9.17) is 4.74 Å². The molecule has 4 rings (SSSR count). The van der Waals surface area contributed by atoms with Crippen LogP contribution in [0.3, 0.4) is 0 Å². The molecule has 0 spiro atoms. The first kappa shape index (κ1) is 13.5. The number of hydrogen-bond acceptors (Lipinski definition) is 5. The molecule has 116 valence electrons. The molecule has 1 saturated heterocycles. The van der Waals surface area contributed by atoms with Gasteiger partial charge in [-0.05, 0) is 44.0 Å². The van der Waals surface area contributed by atoms with Crippen molar-refractivity contribution in [2.45, 2.75) is 19.4 Å². The third-order valence-corrected chi connectivity index (χ3v) is 4.46. The number of anilines is 1. The minimum Gasteiger partial charge on any atom is -0.483 e. The lowest BCUT2D eigenvalue weighted by atomic mass is 9.93. The van der Waals surface area contributed by atoms with Crippen LogP contribution in [0.4, 0.5) is 10.1 Å². The Bertz CT molecular complexity index is 672. The van der Waals surface area contributed by atoms with Crippen LogP contribution in [-0.2, 0) is 11.2 Å². The zero-order chi connectivity index (χ0) is 15.3. The molecule has 0 aliphatic carbocycles.